The Morgan fingerprint density at radius 2 is 2.00 bits per heavy atom. The first-order chi connectivity index (χ1) is 8.85. The van der Waals surface area contributed by atoms with Crippen molar-refractivity contribution in [2.75, 3.05) is 20.8 Å². The number of ether oxygens (including phenoxy) is 2. The largest absolute Gasteiger partial charge is 0.500 e. The maximum Gasteiger partial charge on any atom is 0.129 e. The molecular weight excluding hydrogens is 228 g/mol. The molecule has 0 unspecified atom stereocenters. The van der Waals surface area contributed by atoms with Crippen molar-refractivity contribution < 1.29 is 9.47 Å². The van der Waals surface area contributed by atoms with E-state index in [0.29, 0.717) is 0 Å². The van der Waals surface area contributed by atoms with Crippen molar-refractivity contribution in [1.29, 1.82) is 0 Å². The van der Waals surface area contributed by atoms with Gasteiger partial charge in [-0.25, -0.2) is 0 Å². The average molecular weight is 242 g/mol. The Bertz CT molecular complexity index is 722. The van der Waals surface area contributed by atoms with Crippen LogP contribution in [0.2, 0.25) is 0 Å². The lowest BCUT2D eigenvalue weighted by Crippen LogP contribution is -2.32. The number of pyridine rings is 1. The fraction of sp³-hybridized carbons (Fsp3) is 0.286. The zero-order valence-corrected chi connectivity index (χ0v) is 10.4. The molecule has 0 aliphatic carbocycles. The molecule has 1 aliphatic rings. The topological polar surface area (TPSA) is 43.7 Å². The minimum atomic E-state index is 0.744. The lowest BCUT2D eigenvalue weighted by Gasteiger charge is -2.11. The third-order valence-electron chi connectivity index (χ3n) is 3.22. The highest BCUT2D eigenvalue weighted by Gasteiger charge is 2.10. The molecule has 92 valence electrons. The minimum Gasteiger partial charge on any atom is -0.500 e. The normalized spacial score (nSPS) is 14.0. The number of hydrogen-bond donors (Lipinski definition) is 0. The summed E-state index contributed by atoms with van der Waals surface area (Å²) in [7, 11) is 3.37. The summed E-state index contributed by atoms with van der Waals surface area (Å²) >= 11 is 0. The lowest BCUT2D eigenvalue weighted by atomic mass is 10.1. The first kappa shape index (κ1) is 11.0. The molecule has 18 heavy (non-hydrogen) atoms. The molecule has 0 atom stereocenters. The van der Waals surface area contributed by atoms with Gasteiger partial charge in [-0.2, -0.15) is 0 Å². The molecule has 2 heterocycles. The van der Waals surface area contributed by atoms with Crippen LogP contribution in [-0.2, 0) is 4.74 Å². The van der Waals surface area contributed by atoms with Crippen LogP contribution in [-0.4, -0.2) is 25.7 Å². The second-order valence-corrected chi connectivity index (χ2v) is 4.13. The molecule has 0 spiro atoms. The van der Waals surface area contributed by atoms with Crippen LogP contribution in [0.3, 0.4) is 0 Å². The van der Waals surface area contributed by atoms with Crippen LogP contribution in [0, 0.1) is 0 Å². The van der Waals surface area contributed by atoms with Gasteiger partial charge in [-0.15, -0.1) is 0 Å². The van der Waals surface area contributed by atoms with E-state index in [1.54, 1.807) is 20.4 Å². The Balaban J connectivity index is 2.48. The molecule has 1 aliphatic heterocycles. The second kappa shape index (κ2) is 4.29. The number of fused-ring (bicyclic) bond motifs is 3. The fourth-order valence-electron chi connectivity index (χ4n) is 2.36. The van der Waals surface area contributed by atoms with E-state index >= 15 is 0 Å². The van der Waals surface area contributed by atoms with Gasteiger partial charge in [0.25, 0.3) is 0 Å². The minimum absolute atomic E-state index is 0.744. The number of hydrogen-bond acceptors (Lipinski definition) is 4. The summed E-state index contributed by atoms with van der Waals surface area (Å²) in [5.74, 6) is 1.80. The van der Waals surface area contributed by atoms with Crippen molar-refractivity contribution in [2.24, 2.45) is 4.99 Å². The predicted molar refractivity (Wildman–Crippen MR) is 69.0 cm³/mol. The highest BCUT2D eigenvalue weighted by Crippen LogP contribution is 2.20. The molecule has 1 aromatic carbocycles. The van der Waals surface area contributed by atoms with Crippen LogP contribution in [0.1, 0.15) is 6.42 Å². The Morgan fingerprint density at radius 1 is 1.11 bits per heavy atom. The lowest BCUT2D eigenvalue weighted by molar-refractivity contribution is 0.347. The van der Waals surface area contributed by atoms with Crippen LogP contribution < -0.4 is 15.3 Å². The molecule has 0 amide bonds. The number of nitrogens with zero attached hydrogens (tertiary/aromatic N) is 2. The average Bonchev–Trinajstić information content (AvgIpc) is 2.45. The van der Waals surface area contributed by atoms with Gasteiger partial charge in [0.15, 0.2) is 0 Å². The van der Waals surface area contributed by atoms with Gasteiger partial charge in [-0.3, -0.25) is 9.98 Å². The van der Waals surface area contributed by atoms with Gasteiger partial charge in [0.05, 0.1) is 25.1 Å². The first-order valence-electron chi connectivity index (χ1n) is 5.88. The van der Waals surface area contributed by atoms with E-state index in [2.05, 4.69) is 9.98 Å². The van der Waals surface area contributed by atoms with E-state index in [9.17, 15) is 0 Å². The number of benzene rings is 1. The van der Waals surface area contributed by atoms with Gasteiger partial charge in [-0.05, 0) is 18.2 Å². The molecular formula is C14H14N2O2. The van der Waals surface area contributed by atoms with E-state index in [0.717, 1.165) is 46.0 Å². The first-order valence-corrected chi connectivity index (χ1v) is 5.88. The van der Waals surface area contributed by atoms with Crippen LogP contribution in [0.5, 0.6) is 5.75 Å². The molecule has 0 saturated carbocycles. The van der Waals surface area contributed by atoms with Crippen molar-refractivity contribution in [3.05, 3.63) is 35.0 Å². The Labute approximate surface area is 105 Å². The van der Waals surface area contributed by atoms with Gasteiger partial charge in [0, 0.05) is 29.8 Å². The molecule has 3 rings (SSSR count). The van der Waals surface area contributed by atoms with E-state index in [4.69, 9.17) is 9.47 Å². The van der Waals surface area contributed by atoms with Crippen LogP contribution in [0.15, 0.2) is 29.4 Å². The van der Waals surface area contributed by atoms with Crippen LogP contribution in [0.4, 0.5) is 0 Å². The van der Waals surface area contributed by atoms with E-state index in [-0.39, 0.29) is 0 Å². The summed E-state index contributed by atoms with van der Waals surface area (Å²) in [6, 6.07) is 5.90. The van der Waals surface area contributed by atoms with Crippen molar-refractivity contribution in [1.82, 2.24) is 4.98 Å². The predicted octanol–water partition coefficient (Wildman–Crippen LogP) is 1.02. The van der Waals surface area contributed by atoms with Gasteiger partial charge < -0.3 is 9.47 Å². The molecule has 2 aromatic rings. The zero-order chi connectivity index (χ0) is 12.5. The Morgan fingerprint density at radius 3 is 2.78 bits per heavy atom. The fourth-order valence-corrected chi connectivity index (χ4v) is 2.36. The summed E-state index contributed by atoms with van der Waals surface area (Å²) < 4.78 is 10.8. The standard InChI is InChI=1S/C14H14N2O2/c1-17-11-5-7-15-13-9(11)3-4-10-12(18-2)6-8-16-14(10)13/h3-5,7H,6,8H2,1-2H3. The molecule has 0 saturated heterocycles. The van der Waals surface area contributed by atoms with Gasteiger partial charge >= 0.3 is 0 Å². The highest BCUT2D eigenvalue weighted by molar-refractivity contribution is 5.84. The maximum absolute atomic E-state index is 5.42. The summed E-state index contributed by atoms with van der Waals surface area (Å²) in [6.07, 6.45) is 2.59. The Hall–Kier alpha value is -2.10. The Kier molecular flexibility index (Phi) is 2.63. The number of methoxy groups -OCH3 is 2. The van der Waals surface area contributed by atoms with Crippen molar-refractivity contribution >= 4 is 16.7 Å². The molecule has 1 aromatic heterocycles. The van der Waals surface area contributed by atoms with E-state index in [1.165, 1.54) is 0 Å². The van der Waals surface area contributed by atoms with Crippen molar-refractivity contribution in [2.45, 2.75) is 6.42 Å². The SMILES string of the molecule is COC1=c2ccc3c(OC)ccnc3c2=NCC1. The molecule has 0 bridgehead atoms. The molecule has 4 heteroatoms. The zero-order valence-electron chi connectivity index (χ0n) is 10.4. The van der Waals surface area contributed by atoms with E-state index in [1.807, 2.05) is 18.2 Å². The van der Waals surface area contributed by atoms with Gasteiger partial charge in [-0.1, -0.05) is 0 Å². The number of aromatic nitrogens is 1. The summed E-state index contributed by atoms with van der Waals surface area (Å²) in [6.45, 7) is 0.744. The van der Waals surface area contributed by atoms with Crippen LogP contribution in [0.25, 0.3) is 16.7 Å². The summed E-state index contributed by atoms with van der Waals surface area (Å²) in [5.41, 5.74) is 0.876. The smallest absolute Gasteiger partial charge is 0.129 e. The molecule has 4 nitrogen and oxygen atoms in total. The summed E-state index contributed by atoms with van der Waals surface area (Å²) in [5, 5.41) is 2.94. The summed E-state index contributed by atoms with van der Waals surface area (Å²) in [4.78, 5) is 9.01. The third kappa shape index (κ3) is 1.53. The van der Waals surface area contributed by atoms with Crippen molar-refractivity contribution in [3.8, 4) is 5.75 Å². The monoisotopic (exact) mass is 242 g/mol. The van der Waals surface area contributed by atoms with Crippen LogP contribution >= 0.6 is 0 Å². The molecule has 0 N–H and O–H groups in total. The third-order valence-corrected chi connectivity index (χ3v) is 3.22. The molecule has 0 radical (unpaired) electrons. The number of rotatable bonds is 2. The van der Waals surface area contributed by atoms with Gasteiger partial charge in [0.2, 0.25) is 0 Å². The highest BCUT2D eigenvalue weighted by atomic mass is 16.5. The second-order valence-electron chi connectivity index (χ2n) is 4.13. The van der Waals surface area contributed by atoms with Gasteiger partial charge in [0.1, 0.15) is 11.5 Å². The molecule has 0 fully saturated rings. The quantitative estimate of drug-likeness (QED) is 0.789. The van der Waals surface area contributed by atoms with Crippen molar-refractivity contribution in [3.63, 3.8) is 0 Å². The van der Waals surface area contributed by atoms with E-state index < -0.39 is 0 Å². The maximum atomic E-state index is 5.42.